The fourth-order valence-electron chi connectivity index (χ4n) is 2.92. The van der Waals surface area contributed by atoms with Crippen molar-refractivity contribution in [3.63, 3.8) is 0 Å². The van der Waals surface area contributed by atoms with E-state index in [0.29, 0.717) is 0 Å². The van der Waals surface area contributed by atoms with Crippen LogP contribution in [0, 0.1) is 0 Å². The number of hydrogen-bond acceptors (Lipinski definition) is 3. The van der Waals surface area contributed by atoms with E-state index in [-0.39, 0.29) is 11.3 Å². The highest BCUT2D eigenvalue weighted by atomic mass is 15.6. The summed E-state index contributed by atoms with van der Waals surface area (Å²) in [5.41, 5.74) is 4.05. The van der Waals surface area contributed by atoms with Crippen LogP contribution >= 0.6 is 0 Å². The van der Waals surface area contributed by atoms with E-state index in [1.165, 1.54) is 21.5 Å². The second-order valence-electron chi connectivity index (χ2n) is 7.23. The first-order valence-electron chi connectivity index (χ1n) is 8.32. The maximum Gasteiger partial charge on any atom is 0.175 e. The molecule has 0 spiro atoms. The topological polar surface area (TPSA) is 43.6 Å². The minimum Gasteiger partial charge on any atom is -0.167 e. The Bertz CT molecular complexity index is 783. The minimum absolute atomic E-state index is 0.160. The molecule has 0 saturated heterocycles. The van der Waals surface area contributed by atoms with Gasteiger partial charge >= 0.3 is 0 Å². The molecule has 4 nitrogen and oxygen atoms in total. The van der Waals surface area contributed by atoms with Crippen molar-refractivity contribution in [1.29, 1.82) is 0 Å². The van der Waals surface area contributed by atoms with Crippen LogP contribution in [0.1, 0.15) is 49.2 Å². The Balaban J connectivity index is 1.95. The van der Waals surface area contributed by atoms with Crippen LogP contribution in [0.15, 0.2) is 54.6 Å². The molecule has 2 aromatic carbocycles. The van der Waals surface area contributed by atoms with Crippen molar-refractivity contribution in [2.24, 2.45) is 7.05 Å². The highest BCUT2D eigenvalue weighted by Gasteiger charge is 2.19. The third kappa shape index (κ3) is 3.70. The van der Waals surface area contributed by atoms with Crippen LogP contribution < -0.4 is 0 Å². The third-order valence-corrected chi connectivity index (χ3v) is 4.32. The smallest absolute Gasteiger partial charge is 0.167 e. The summed E-state index contributed by atoms with van der Waals surface area (Å²) in [6, 6.07) is 19.5. The van der Waals surface area contributed by atoms with Gasteiger partial charge in [0.1, 0.15) is 0 Å². The summed E-state index contributed by atoms with van der Waals surface area (Å²) in [7, 11) is 1.80. The van der Waals surface area contributed by atoms with Crippen molar-refractivity contribution in [3.8, 4) is 0 Å². The lowest BCUT2D eigenvalue weighted by Crippen LogP contribution is -2.12. The Morgan fingerprint density at radius 3 is 2.08 bits per heavy atom. The average Bonchev–Trinajstić information content (AvgIpc) is 2.98. The third-order valence-electron chi connectivity index (χ3n) is 4.32. The van der Waals surface area contributed by atoms with Gasteiger partial charge in [-0.1, -0.05) is 75.4 Å². The molecule has 0 aliphatic carbocycles. The van der Waals surface area contributed by atoms with Gasteiger partial charge in [0.15, 0.2) is 5.82 Å². The molecule has 3 aromatic rings. The molecule has 1 aromatic heterocycles. The van der Waals surface area contributed by atoms with E-state index in [1.54, 1.807) is 7.05 Å². The number of tetrazole rings is 1. The lowest BCUT2D eigenvalue weighted by molar-refractivity contribution is 0.589. The summed E-state index contributed by atoms with van der Waals surface area (Å²) < 4.78 is 0. The van der Waals surface area contributed by atoms with Crippen LogP contribution in [0.3, 0.4) is 0 Å². The summed E-state index contributed by atoms with van der Waals surface area (Å²) in [5.74, 6) is 0.996. The Kier molecular flexibility index (Phi) is 4.47. The number of benzene rings is 2. The van der Waals surface area contributed by atoms with Crippen LogP contribution in [-0.2, 0) is 18.9 Å². The molecule has 0 N–H and O–H groups in total. The maximum absolute atomic E-state index is 4.35. The van der Waals surface area contributed by atoms with Crippen LogP contribution in [-0.4, -0.2) is 20.2 Å². The van der Waals surface area contributed by atoms with Gasteiger partial charge in [0.05, 0.1) is 7.05 Å². The van der Waals surface area contributed by atoms with E-state index in [9.17, 15) is 0 Å². The lowest BCUT2D eigenvalue weighted by atomic mass is 9.83. The molecule has 0 fully saturated rings. The number of aromatic nitrogens is 4. The average molecular weight is 320 g/mol. The van der Waals surface area contributed by atoms with Gasteiger partial charge in [-0.05, 0) is 27.3 Å². The standard InChI is InChI=1S/C20H24N4/c1-20(2,3)17-12-10-16(11-13-17)18(15-8-6-5-7-9-15)14-19-21-23-24(4)22-19/h5-13,18H,14H2,1-4H3. The number of nitrogens with zero attached hydrogens (tertiary/aromatic N) is 4. The van der Waals surface area contributed by atoms with E-state index < -0.39 is 0 Å². The predicted octanol–water partition coefficient (Wildman–Crippen LogP) is 3.88. The van der Waals surface area contributed by atoms with E-state index >= 15 is 0 Å². The summed E-state index contributed by atoms with van der Waals surface area (Å²) in [6.07, 6.45) is 0.743. The van der Waals surface area contributed by atoms with Gasteiger partial charge in [-0.15, -0.1) is 10.2 Å². The van der Waals surface area contributed by atoms with Crippen molar-refractivity contribution in [3.05, 3.63) is 77.1 Å². The van der Waals surface area contributed by atoms with E-state index in [1.807, 2.05) is 6.07 Å². The summed E-state index contributed by atoms with van der Waals surface area (Å²) in [6.45, 7) is 6.71. The number of rotatable bonds is 4. The van der Waals surface area contributed by atoms with Gasteiger partial charge in [0.2, 0.25) is 0 Å². The number of aryl methyl sites for hydroxylation is 1. The first-order chi connectivity index (χ1) is 11.4. The zero-order valence-electron chi connectivity index (χ0n) is 14.8. The molecule has 0 aliphatic rings. The second-order valence-corrected chi connectivity index (χ2v) is 7.23. The molecule has 124 valence electrons. The molecule has 1 heterocycles. The van der Waals surface area contributed by atoms with Crippen LogP contribution in [0.25, 0.3) is 0 Å². The van der Waals surface area contributed by atoms with E-state index in [2.05, 4.69) is 84.7 Å². The normalized spacial score (nSPS) is 13.0. The summed E-state index contributed by atoms with van der Waals surface area (Å²) in [5, 5.41) is 12.5. The molecule has 0 radical (unpaired) electrons. The fourth-order valence-corrected chi connectivity index (χ4v) is 2.92. The first kappa shape index (κ1) is 16.4. The summed E-state index contributed by atoms with van der Waals surface area (Å²) >= 11 is 0. The molecule has 3 rings (SSSR count). The number of hydrogen-bond donors (Lipinski definition) is 0. The van der Waals surface area contributed by atoms with Crippen molar-refractivity contribution < 1.29 is 0 Å². The molecule has 0 bridgehead atoms. The lowest BCUT2D eigenvalue weighted by Gasteiger charge is -2.21. The maximum atomic E-state index is 4.35. The zero-order valence-corrected chi connectivity index (χ0v) is 14.8. The molecular formula is C20H24N4. The van der Waals surface area contributed by atoms with Crippen molar-refractivity contribution in [2.75, 3.05) is 0 Å². The molecule has 24 heavy (non-hydrogen) atoms. The highest BCUT2D eigenvalue weighted by molar-refractivity contribution is 5.36. The Hall–Kier alpha value is -2.49. The van der Waals surface area contributed by atoms with Gasteiger partial charge in [-0.25, -0.2) is 0 Å². The molecule has 4 heteroatoms. The zero-order chi connectivity index (χ0) is 17.2. The van der Waals surface area contributed by atoms with Crippen molar-refractivity contribution in [1.82, 2.24) is 20.2 Å². The molecule has 0 saturated carbocycles. The summed E-state index contributed by atoms with van der Waals surface area (Å²) in [4.78, 5) is 1.51. The Labute approximate surface area is 143 Å². The van der Waals surface area contributed by atoms with Gasteiger partial charge in [-0.2, -0.15) is 4.80 Å². The molecule has 1 atom stereocenters. The Morgan fingerprint density at radius 1 is 0.917 bits per heavy atom. The second kappa shape index (κ2) is 6.56. The fraction of sp³-hybridized carbons (Fsp3) is 0.350. The predicted molar refractivity (Wildman–Crippen MR) is 95.9 cm³/mol. The SMILES string of the molecule is Cn1nnc(CC(c2ccccc2)c2ccc(C(C)(C)C)cc2)n1. The van der Waals surface area contributed by atoms with E-state index in [4.69, 9.17) is 0 Å². The minimum atomic E-state index is 0.160. The van der Waals surface area contributed by atoms with Crippen molar-refractivity contribution >= 4 is 0 Å². The van der Waals surface area contributed by atoms with Gasteiger partial charge in [-0.3, -0.25) is 0 Å². The van der Waals surface area contributed by atoms with Crippen molar-refractivity contribution in [2.45, 2.75) is 38.5 Å². The molecule has 1 unspecified atom stereocenters. The van der Waals surface area contributed by atoms with Crippen LogP contribution in [0.2, 0.25) is 0 Å². The van der Waals surface area contributed by atoms with Crippen LogP contribution in [0.5, 0.6) is 0 Å². The molecule has 0 aliphatic heterocycles. The van der Waals surface area contributed by atoms with Gasteiger partial charge < -0.3 is 0 Å². The monoisotopic (exact) mass is 320 g/mol. The first-order valence-corrected chi connectivity index (χ1v) is 8.32. The molecular weight excluding hydrogens is 296 g/mol. The molecule has 0 amide bonds. The van der Waals surface area contributed by atoms with Crippen LogP contribution in [0.4, 0.5) is 0 Å². The quantitative estimate of drug-likeness (QED) is 0.732. The van der Waals surface area contributed by atoms with Gasteiger partial charge in [0, 0.05) is 12.3 Å². The highest BCUT2D eigenvalue weighted by Crippen LogP contribution is 2.30. The van der Waals surface area contributed by atoms with E-state index in [0.717, 1.165) is 12.2 Å². The largest absolute Gasteiger partial charge is 0.175 e. The Morgan fingerprint density at radius 2 is 1.54 bits per heavy atom. The van der Waals surface area contributed by atoms with Gasteiger partial charge in [0.25, 0.3) is 0 Å².